The van der Waals surface area contributed by atoms with E-state index in [0.29, 0.717) is 13.1 Å². The second-order valence-corrected chi connectivity index (χ2v) is 8.35. The Hall–Kier alpha value is -1.91. The summed E-state index contributed by atoms with van der Waals surface area (Å²) in [6.07, 6.45) is 3.16. The molecule has 0 bridgehead atoms. The number of nitrogens with one attached hydrogen (secondary N) is 1. The Bertz CT molecular complexity index is 764. The van der Waals surface area contributed by atoms with Gasteiger partial charge in [0.1, 0.15) is 0 Å². The topological polar surface area (TPSA) is 35.6 Å². The predicted octanol–water partition coefficient (Wildman–Crippen LogP) is 4.29. The highest BCUT2D eigenvalue weighted by Crippen LogP contribution is 2.37. The first-order valence-electron chi connectivity index (χ1n) is 11.1. The van der Waals surface area contributed by atoms with E-state index in [1.165, 1.54) is 16.3 Å². The zero-order valence-electron chi connectivity index (χ0n) is 19.0. The molecule has 1 N–H and O–H groups in total. The molecular weight excluding hydrogens is 358 g/mol. The summed E-state index contributed by atoms with van der Waals surface area (Å²) in [5.41, 5.74) is 1.29. The van der Waals surface area contributed by atoms with Crippen LogP contribution in [-0.2, 0) is 10.2 Å². The van der Waals surface area contributed by atoms with Crippen LogP contribution in [0.1, 0.15) is 45.6 Å². The third-order valence-corrected chi connectivity index (χ3v) is 6.01. The molecule has 0 radical (unpaired) electrons. The van der Waals surface area contributed by atoms with Crippen LogP contribution in [0.5, 0.6) is 0 Å². The molecule has 1 unspecified atom stereocenters. The summed E-state index contributed by atoms with van der Waals surface area (Å²) < 4.78 is 0. The number of amides is 1. The highest BCUT2D eigenvalue weighted by Gasteiger charge is 2.33. The highest BCUT2D eigenvalue weighted by atomic mass is 16.2. The van der Waals surface area contributed by atoms with E-state index in [9.17, 15) is 4.79 Å². The van der Waals surface area contributed by atoms with Crippen LogP contribution in [0, 0.1) is 0 Å². The van der Waals surface area contributed by atoms with Crippen LogP contribution in [0.25, 0.3) is 10.8 Å². The van der Waals surface area contributed by atoms with Gasteiger partial charge in [0.05, 0.1) is 6.54 Å². The lowest BCUT2D eigenvalue weighted by molar-refractivity contribution is -0.122. The molecule has 0 aliphatic carbocycles. The lowest BCUT2D eigenvalue weighted by Gasteiger charge is -2.37. The van der Waals surface area contributed by atoms with Crippen molar-refractivity contribution in [3.05, 3.63) is 48.0 Å². The summed E-state index contributed by atoms with van der Waals surface area (Å²) in [5, 5.41) is 5.87. The van der Waals surface area contributed by atoms with Crippen LogP contribution in [-0.4, -0.2) is 62.5 Å². The first kappa shape index (κ1) is 23.4. The molecule has 2 aromatic rings. The Balaban J connectivity index is 2.37. The molecule has 2 rings (SSSR count). The van der Waals surface area contributed by atoms with Crippen LogP contribution in [0.2, 0.25) is 0 Å². The average molecular weight is 398 g/mol. The smallest absolute Gasteiger partial charge is 0.234 e. The number of carbonyl (C=O) groups excluding carboxylic acids is 1. The fourth-order valence-electron chi connectivity index (χ4n) is 4.24. The first-order chi connectivity index (χ1) is 14.0. The van der Waals surface area contributed by atoms with Gasteiger partial charge in [-0.2, -0.15) is 0 Å². The van der Waals surface area contributed by atoms with Gasteiger partial charge in [-0.3, -0.25) is 9.69 Å². The molecule has 0 saturated heterocycles. The van der Waals surface area contributed by atoms with E-state index in [1.807, 2.05) is 0 Å². The minimum Gasteiger partial charge on any atom is -0.354 e. The van der Waals surface area contributed by atoms with Crippen molar-refractivity contribution in [2.45, 2.75) is 45.4 Å². The molecule has 1 atom stereocenters. The minimum atomic E-state index is -0.0706. The van der Waals surface area contributed by atoms with Crippen LogP contribution in [0.4, 0.5) is 0 Å². The maximum atomic E-state index is 12.7. The number of rotatable bonds is 12. The molecular formula is C25H39N3O. The zero-order valence-corrected chi connectivity index (χ0v) is 19.0. The zero-order chi connectivity index (χ0) is 21.3. The summed E-state index contributed by atoms with van der Waals surface area (Å²) in [6, 6.07) is 15.2. The molecule has 160 valence electrons. The monoisotopic (exact) mass is 397 g/mol. The maximum Gasteiger partial charge on any atom is 0.234 e. The molecule has 2 aromatic carbocycles. The van der Waals surface area contributed by atoms with Crippen molar-refractivity contribution in [2.24, 2.45) is 0 Å². The van der Waals surface area contributed by atoms with E-state index in [0.717, 1.165) is 38.9 Å². The van der Waals surface area contributed by atoms with Crippen molar-refractivity contribution in [1.29, 1.82) is 0 Å². The lowest BCUT2D eigenvalue weighted by Crippen LogP contribution is -2.45. The number of likely N-dealkylation sites (N-methyl/N-ethyl adjacent to an activating group) is 1. The third kappa shape index (κ3) is 6.28. The van der Waals surface area contributed by atoms with Gasteiger partial charge in [-0.15, -0.1) is 0 Å². The highest BCUT2D eigenvalue weighted by molar-refractivity contribution is 5.87. The van der Waals surface area contributed by atoms with Crippen molar-refractivity contribution >= 4 is 16.7 Å². The Morgan fingerprint density at radius 3 is 2.31 bits per heavy atom. The van der Waals surface area contributed by atoms with E-state index in [1.54, 1.807) is 0 Å². The quantitative estimate of drug-likeness (QED) is 0.580. The van der Waals surface area contributed by atoms with Gasteiger partial charge >= 0.3 is 0 Å². The Kier molecular flexibility index (Phi) is 9.12. The first-order valence-corrected chi connectivity index (χ1v) is 11.1. The van der Waals surface area contributed by atoms with E-state index in [2.05, 4.69) is 92.4 Å². The van der Waals surface area contributed by atoms with Gasteiger partial charge in [-0.05, 0) is 62.9 Å². The van der Waals surface area contributed by atoms with E-state index >= 15 is 0 Å². The fourth-order valence-corrected chi connectivity index (χ4v) is 4.24. The van der Waals surface area contributed by atoms with Gasteiger partial charge in [0, 0.05) is 12.0 Å². The van der Waals surface area contributed by atoms with Gasteiger partial charge < -0.3 is 10.2 Å². The molecule has 0 aliphatic heterocycles. The fraction of sp³-hybridized carbons (Fsp3) is 0.560. The van der Waals surface area contributed by atoms with Crippen molar-refractivity contribution in [3.8, 4) is 0 Å². The van der Waals surface area contributed by atoms with Gasteiger partial charge in [-0.1, -0.05) is 69.7 Å². The largest absolute Gasteiger partial charge is 0.354 e. The molecule has 0 aliphatic rings. The van der Waals surface area contributed by atoms with Gasteiger partial charge in [0.2, 0.25) is 5.91 Å². The van der Waals surface area contributed by atoms with E-state index in [4.69, 9.17) is 0 Å². The molecule has 0 aromatic heterocycles. The number of carbonyl (C=O) groups is 1. The molecule has 0 fully saturated rings. The molecule has 29 heavy (non-hydrogen) atoms. The standard InChI is InChI=1S/C25H39N3O/c1-6-16-25(17-18-27(4)5,20-26-24(29)19-28(7-2)8-3)23-15-11-13-21-12-9-10-14-22(21)23/h9-15H,6-8,16-20H2,1-5H3,(H,26,29). The lowest BCUT2D eigenvalue weighted by atomic mass is 9.72. The number of fused-ring (bicyclic) bond motifs is 1. The number of benzene rings is 2. The molecule has 1 amide bonds. The Morgan fingerprint density at radius 1 is 0.966 bits per heavy atom. The predicted molar refractivity (Wildman–Crippen MR) is 125 cm³/mol. The van der Waals surface area contributed by atoms with Gasteiger partial charge in [0.25, 0.3) is 0 Å². The molecule has 0 saturated carbocycles. The minimum absolute atomic E-state index is 0.0706. The summed E-state index contributed by atoms with van der Waals surface area (Å²) >= 11 is 0. The van der Waals surface area contributed by atoms with Crippen LogP contribution >= 0.6 is 0 Å². The average Bonchev–Trinajstić information content (AvgIpc) is 2.73. The molecule has 4 nitrogen and oxygen atoms in total. The molecule has 0 heterocycles. The summed E-state index contributed by atoms with van der Waals surface area (Å²) in [4.78, 5) is 17.1. The van der Waals surface area contributed by atoms with Crippen molar-refractivity contribution < 1.29 is 4.79 Å². The second-order valence-electron chi connectivity index (χ2n) is 8.35. The van der Waals surface area contributed by atoms with Gasteiger partial charge in [-0.25, -0.2) is 0 Å². The summed E-state index contributed by atoms with van der Waals surface area (Å²) in [7, 11) is 4.25. The second kappa shape index (κ2) is 11.3. The SMILES string of the molecule is CCCC(CCN(C)C)(CNC(=O)CN(CC)CC)c1cccc2ccccc12. The van der Waals surface area contributed by atoms with E-state index < -0.39 is 0 Å². The number of hydrogen-bond donors (Lipinski definition) is 1. The normalized spacial score (nSPS) is 13.8. The molecule has 0 spiro atoms. The van der Waals surface area contributed by atoms with Crippen molar-refractivity contribution in [2.75, 3.05) is 46.8 Å². The van der Waals surface area contributed by atoms with E-state index in [-0.39, 0.29) is 11.3 Å². The Labute approximate surface area is 177 Å². The number of nitrogens with zero attached hydrogens (tertiary/aromatic N) is 2. The van der Waals surface area contributed by atoms with Crippen molar-refractivity contribution in [3.63, 3.8) is 0 Å². The van der Waals surface area contributed by atoms with Gasteiger partial charge in [0.15, 0.2) is 0 Å². The Morgan fingerprint density at radius 2 is 1.66 bits per heavy atom. The third-order valence-electron chi connectivity index (χ3n) is 6.01. The van der Waals surface area contributed by atoms with Crippen LogP contribution in [0.3, 0.4) is 0 Å². The van der Waals surface area contributed by atoms with Crippen LogP contribution < -0.4 is 5.32 Å². The maximum absolute atomic E-state index is 12.7. The molecule has 4 heteroatoms. The summed E-state index contributed by atoms with van der Waals surface area (Å²) in [6.45, 7) is 10.4. The summed E-state index contributed by atoms with van der Waals surface area (Å²) in [5.74, 6) is 0.124. The van der Waals surface area contributed by atoms with Crippen LogP contribution in [0.15, 0.2) is 42.5 Å². The number of hydrogen-bond acceptors (Lipinski definition) is 3. The van der Waals surface area contributed by atoms with Crippen molar-refractivity contribution in [1.82, 2.24) is 15.1 Å².